The summed E-state index contributed by atoms with van der Waals surface area (Å²) >= 11 is 0. The minimum absolute atomic E-state index is 0.134. The zero-order valence-corrected chi connectivity index (χ0v) is 13.2. The van der Waals surface area contributed by atoms with E-state index >= 15 is 0 Å². The molecule has 0 aromatic rings. The Labute approximate surface area is 117 Å². The molecule has 0 aliphatic carbocycles. The van der Waals surface area contributed by atoms with Gasteiger partial charge in [-0.2, -0.15) is 0 Å². The quantitative estimate of drug-likeness (QED) is 0.720. The van der Waals surface area contributed by atoms with Crippen molar-refractivity contribution in [3.05, 3.63) is 0 Å². The summed E-state index contributed by atoms with van der Waals surface area (Å²) in [5.74, 6) is -0.134. The molecule has 1 aliphatic rings. The Bertz CT molecular complexity index is 294. The molecule has 0 aromatic carbocycles. The number of hydrogen-bond donors (Lipinski definition) is 1. The van der Waals surface area contributed by atoms with Gasteiger partial charge >= 0.3 is 5.97 Å². The van der Waals surface area contributed by atoms with Crippen LogP contribution in [0.5, 0.6) is 0 Å². The highest BCUT2D eigenvalue weighted by Gasteiger charge is 2.39. The van der Waals surface area contributed by atoms with Crippen molar-refractivity contribution >= 4 is 5.97 Å². The monoisotopic (exact) mass is 270 g/mol. The molecule has 1 heterocycles. The highest BCUT2D eigenvalue weighted by atomic mass is 16.5. The maximum absolute atomic E-state index is 12.3. The fourth-order valence-electron chi connectivity index (χ4n) is 3.07. The van der Waals surface area contributed by atoms with Gasteiger partial charge in [0.25, 0.3) is 0 Å². The van der Waals surface area contributed by atoms with Crippen LogP contribution in [0.15, 0.2) is 0 Å². The Morgan fingerprint density at radius 1 is 1.47 bits per heavy atom. The molecule has 19 heavy (non-hydrogen) atoms. The van der Waals surface area contributed by atoms with Crippen LogP contribution < -0.4 is 5.32 Å². The molecule has 1 aliphatic heterocycles. The first-order valence-corrected chi connectivity index (χ1v) is 7.62. The predicted octanol–water partition coefficient (Wildman–Crippen LogP) is 2.18. The first-order valence-electron chi connectivity index (χ1n) is 7.62. The van der Waals surface area contributed by atoms with Crippen LogP contribution in [0.2, 0.25) is 0 Å². The normalized spacial score (nSPS) is 23.6. The zero-order valence-electron chi connectivity index (χ0n) is 13.2. The van der Waals surface area contributed by atoms with E-state index in [1.54, 1.807) is 0 Å². The molecule has 4 nitrogen and oxygen atoms in total. The van der Waals surface area contributed by atoms with Crippen molar-refractivity contribution in [2.45, 2.75) is 71.5 Å². The number of carbonyl (C=O) groups is 1. The van der Waals surface area contributed by atoms with Crippen molar-refractivity contribution in [2.24, 2.45) is 0 Å². The van der Waals surface area contributed by atoms with Crippen LogP contribution in [-0.4, -0.2) is 48.2 Å². The van der Waals surface area contributed by atoms with Gasteiger partial charge in [0.2, 0.25) is 0 Å². The minimum Gasteiger partial charge on any atom is -0.465 e. The second-order valence-electron chi connectivity index (χ2n) is 6.03. The average molecular weight is 270 g/mol. The maximum atomic E-state index is 12.3. The van der Waals surface area contributed by atoms with E-state index < -0.39 is 5.54 Å². The largest absolute Gasteiger partial charge is 0.465 e. The summed E-state index contributed by atoms with van der Waals surface area (Å²) in [5, 5.41) is 3.40. The van der Waals surface area contributed by atoms with Gasteiger partial charge in [0, 0.05) is 18.6 Å². The molecule has 0 spiro atoms. The number of rotatable bonds is 7. The van der Waals surface area contributed by atoms with Gasteiger partial charge in [-0.05, 0) is 53.5 Å². The molecule has 1 fully saturated rings. The van der Waals surface area contributed by atoms with E-state index in [4.69, 9.17) is 4.74 Å². The predicted molar refractivity (Wildman–Crippen MR) is 78.2 cm³/mol. The van der Waals surface area contributed by atoms with E-state index in [1.165, 1.54) is 12.8 Å². The van der Waals surface area contributed by atoms with Gasteiger partial charge in [-0.25, -0.2) is 0 Å². The van der Waals surface area contributed by atoms with E-state index in [9.17, 15) is 4.79 Å². The van der Waals surface area contributed by atoms with Crippen LogP contribution in [0.3, 0.4) is 0 Å². The molecular weight excluding hydrogens is 240 g/mol. The molecule has 0 saturated carbocycles. The van der Waals surface area contributed by atoms with Crippen molar-refractivity contribution in [2.75, 3.05) is 19.7 Å². The summed E-state index contributed by atoms with van der Waals surface area (Å²) in [6.07, 6.45) is 3.64. The maximum Gasteiger partial charge on any atom is 0.327 e. The van der Waals surface area contributed by atoms with Gasteiger partial charge in [-0.15, -0.1) is 0 Å². The first kappa shape index (κ1) is 16.4. The third-order valence-corrected chi connectivity index (χ3v) is 3.82. The van der Waals surface area contributed by atoms with Gasteiger partial charge in [-0.3, -0.25) is 15.0 Å². The number of nitrogens with one attached hydrogen (secondary N) is 1. The topological polar surface area (TPSA) is 41.6 Å². The Balaban J connectivity index is 2.75. The molecule has 0 radical (unpaired) electrons. The molecule has 1 saturated heterocycles. The van der Waals surface area contributed by atoms with Crippen molar-refractivity contribution in [1.29, 1.82) is 0 Å². The SMILES string of the molecule is CCOC(=O)C(C)(CN1CCCC1CC)NC(C)C. The van der Waals surface area contributed by atoms with Crippen molar-refractivity contribution in [1.82, 2.24) is 10.2 Å². The molecule has 0 amide bonds. The number of esters is 1. The summed E-state index contributed by atoms with van der Waals surface area (Å²) in [6.45, 7) is 12.5. The van der Waals surface area contributed by atoms with Gasteiger partial charge in [0.1, 0.15) is 5.54 Å². The molecular formula is C15H30N2O2. The van der Waals surface area contributed by atoms with Gasteiger partial charge < -0.3 is 4.74 Å². The average Bonchev–Trinajstić information content (AvgIpc) is 2.75. The van der Waals surface area contributed by atoms with Crippen LogP contribution in [0.4, 0.5) is 0 Å². The van der Waals surface area contributed by atoms with Crippen molar-refractivity contribution < 1.29 is 9.53 Å². The van der Waals surface area contributed by atoms with E-state index in [2.05, 4.69) is 31.0 Å². The third-order valence-electron chi connectivity index (χ3n) is 3.82. The summed E-state index contributed by atoms with van der Waals surface area (Å²) in [7, 11) is 0. The van der Waals surface area contributed by atoms with E-state index in [0.29, 0.717) is 12.6 Å². The van der Waals surface area contributed by atoms with E-state index in [0.717, 1.165) is 19.5 Å². The zero-order chi connectivity index (χ0) is 14.5. The Morgan fingerprint density at radius 2 is 2.16 bits per heavy atom. The van der Waals surface area contributed by atoms with E-state index in [1.807, 2.05) is 13.8 Å². The molecule has 112 valence electrons. The Hall–Kier alpha value is -0.610. The summed E-state index contributed by atoms with van der Waals surface area (Å²) in [5.41, 5.74) is -0.609. The molecule has 4 heteroatoms. The lowest BCUT2D eigenvalue weighted by molar-refractivity contribution is -0.151. The summed E-state index contributed by atoms with van der Waals surface area (Å²) in [6, 6.07) is 0.875. The number of hydrogen-bond acceptors (Lipinski definition) is 4. The fraction of sp³-hybridized carbons (Fsp3) is 0.933. The van der Waals surface area contributed by atoms with Gasteiger partial charge in [0.15, 0.2) is 0 Å². The standard InChI is InChI=1S/C15H30N2O2/c1-6-13-9-8-10-17(13)11-15(5,16-12(3)4)14(18)19-7-2/h12-13,16H,6-11H2,1-5H3. The molecule has 1 rings (SSSR count). The summed E-state index contributed by atoms with van der Waals surface area (Å²) < 4.78 is 5.26. The third kappa shape index (κ3) is 4.46. The highest BCUT2D eigenvalue weighted by Crippen LogP contribution is 2.23. The smallest absolute Gasteiger partial charge is 0.327 e. The molecule has 2 unspecified atom stereocenters. The van der Waals surface area contributed by atoms with Crippen LogP contribution >= 0.6 is 0 Å². The van der Waals surface area contributed by atoms with Crippen molar-refractivity contribution in [3.63, 3.8) is 0 Å². The lowest BCUT2D eigenvalue weighted by Gasteiger charge is -2.36. The molecule has 1 N–H and O–H groups in total. The summed E-state index contributed by atoms with van der Waals surface area (Å²) in [4.78, 5) is 14.7. The molecule has 2 atom stereocenters. The van der Waals surface area contributed by atoms with E-state index in [-0.39, 0.29) is 12.0 Å². The van der Waals surface area contributed by atoms with Gasteiger partial charge in [-0.1, -0.05) is 6.92 Å². The Morgan fingerprint density at radius 3 is 2.68 bits per heavy atom. The first-order chi connectivity index (χ1) is 8.92. The van der Waals surface area contributed by atoms with Crippen LogP contribution in [0, 0.1) is 0 Å². The Kier molecular flexibility index (Phi) is 6.27. The lowest BCUT2D eigenvalue weighted by atomic mass is 9.99. The highest BCUT2D eigenvalue weighted by molar-refractivity contribution is 5.80. The number of nitrogens with zero attached hydrogens (tertiary/aromatic N) is 1. The minimum atomic E-state index is -0.609. The van der Waals surface area contributed by atoms with Crippen LogP contribution in [0.25, 0.3) is 0 Å². The number of carbonyl (C=O) groups excluding carboxylic acids is 1. The van der Waals surface area contributed by atoms with Crippen molar-refractivity contribution in [3.8, 4) is 0 Å². The van der Waals surface area contributed by atoms with Gasteiger partial charge in [0.05, 0.1) is 6.61 Å². The molecule has 0 bridgehead atoms. The number of ether oxygens (including phenoxy) is 1. The second-order valence-corrected chi connectivity index (χ2v) is 6.03. The van der Waals surface area contributed by atoms with Crippen LogP contribution in [-0.2, 0) is 9.53 Å². The number of likely N-dealkylation sites (tertiary alicyclic amines) is 1. The lowest BCUT2D eigenvalue weighted by Crippen LogP contribution is -2.60. The fourth-order valence-corrected chi connectivity index (χ4v) is 3.07. The second kappa shape index (κ2) is 7.25. The molecule has 0 aromatic heterocycles. The van der Waals surface area contributed by atoms with Crippen LogP contribution in [0.1, 0.15) is 53.9 Å².